The number of rotatable bonds is 3. The topological polar surface area (TPSA) is 86.5 Å². The molecule has 8 heteroatoms. The largest absolute Gasteiger partial charge is 0.486 e. The summed E-state index contributed by atoms with van der Waals surface area (Å²) in [7, 11) is 0. The summed E-state index contributed by atoms with van der Waals surface area (Å²) in [6.07, 6.45) is 0. The van der Waals surface area contributed by atoms with Gasteiger partial charge in [0.2, 0.25) is 5.89 Å². The molecule has 0 saturated heterocycles. The van der Waals surface area contributed by atoms with Gasteiger partial charge in [-0.25, -0.2) is 0 Å². The molecule has 7 nitrogen and oxygen atoms in total. The van der Waals surface area contributed by atoms with E-state index in [-0.39, 0.29) is 11.8 Å². The van der Waals surface area contributed by atoms with Gasteiger partial charge in [0.05, 0.1) is 10.6 Å². The Morgan fingerprint density at radius 2 is 1.84 bits per heavy atom. The summed E-state index contributed by atoms with van der Waals surface area (Å²) in [5.41, 5.74) is 1.10. The van der Waals surface area contributed by atoms with Crippen LogP contribution in [0.25, 0.3) is 11.5 Å². The fraction of sp³-hybridized carbons (Fsp3) is 0.118. The molecule has 1 aliphatic rings. The minimum atomic E-state index is -0.525. The van der Waals surface area contributed by atoms with Gasteiger partial charge in [0.15, 0.2) is 11.5 Å². The van der Waals surface area contributed by atoms with Crippen LogP contribution in [0.4, 0.5) is 5.69 Å². The van der Waals surface area contributed by atoms with Crippen molar-refractivity contribution in [1.82, 2.24) is 10.2 Å². The maximum absolute atomic E-state index is 12.3. The molecule has 3 aromatic rings. The van der Waals surface area contributed by atoms with Gasteiger partial charge in [-0.15, -0.1) is 10.2 Å². The Morgan fingerprint density at radius 3 is 2.68 bits per heavy atom. The van der Waals surface area contributed by atoms with Crippen LogP contribution in [0.5, 0.6) is 11.5 Å². The number of carbonyl (C=O) groups excluding carboxylic acids is 1. The molecule has 0 atom stereocenters. The van der Waals surface area contributed by atoms with E-state index >= 15 is 0 Å². The average Bonchev–Trinajstić information content (AvgIpc) is 3.12. The number of carbonyl (C=O) groups is 1. The van der Waals surface area contributed by atoms with Crippen molar-refractivity contribution in [2.45, 2.75) is 0 Å². The molecule has 1 N–H and O–H groups in total. The van der Waals surface area contributed by atoms with Gasteiger partial charge in [-0.05, 0) is 24.3 Å². The van der Waals surface area contributed by atoms with Gasteiger partial charge >= 0.3 is 11.8 Å². The first-order valence-electron chi connectivity index (χ1n) is 7.50. The highest BCUT2D eigenvalue weighted by Crippen LogP contribution is 2.33. The molecule has 0 aliphatic carbocycles. The monoisotopic (exact) mass is 357 g/mol. The number of aromatic nitrogens is 2. The van der Waals surface area contributed by atoms with Crippen LogP contribution in [-0.4, -0.2) is 29.3 Å². The summed E-state index contributed by atoms with van der Waals surface area (Å²) in [6.45, 7) is 0.973. The zero-order valence-electron chi connectivity index (χ0n) is 12.9. The summed E-state index contributed by atoms with van der Waals surface area (Å²) in [5.74, 6) is 0.708. The van der Waals surface area contributed by atoms with Gasteiger partial charge in [-0.2, -0.15) is 0 Å². The van der Waals surface area contributed by atoms with Gasteiger partial charge in [0, 0.05) is 11.8 Å². The summed E-state index contributed by atoms with van der Waals surface area (Å²) in [4.78, 5) is 12.3. The number of hydrogen-bond acceptors (Lipinski definition) is 6. The molecule has 0 saturated carbocycles. The zero-order chi connectivity index (χ0) is 17.2. The minimum Gasteiger partial charge on any atom is -0.486 e. The fourth-order valence-electron chi connectivity index (χ4n) is 2.36. The van der Waals surface area contributed by atoms with Gasteiger partial charge in [-0.1, -0.05) is 23.7 Å². The predicted molar refractivity (Wildman–Crippen MR) is 90.1 cm³/mol. The molecular formula is C17H12ClN3O4. The molecule has 0 fully saturated rings. The van der Waals surface area contributed by atoms with E-state index in [4.69, 9.17) is 25.5 Å². The van der Waals surface area contributed by atoms with E-state index in [0.29, 0.717) is 41.0 Å². The number of nitrogens with one attached hydrogen (secondary N) is 1. The lowest BCUT2D eigenvalue weighted by molar-refractivity contribution is 0.0990. The molecule has 25 heavy (non-hydrogen) atoms. The van der Waals surface area contributed by atoms with Crippen LogP contribution >= 0.6 is 11.6 Å². The molecule has 2 aromatic carbocycles. The molecular weight excluding hydrogens is 346 g/mol. The number of benzene rings is 2. The van der Waals surface area contributed by atoms with E-state index in [1.165, 1.54) is 0 Å². The molecule has 4 rings (SSSR count). The van der Waals surface area contributed by atoms with Gasteiger partial charge < -0.3 is 19.2 Å². The first-order chi connectivity index (χ1) is 12.2. The van der Waals surface area contributed by atoms with Crippen LogP contribution in [0, 0.1) is 0 Å². The maximum atomic E-state index is 12.3. The van der Waals surface area contributed by atoms with Crippen LogP contribution < -0.4 is 14.8 Å². The quantitative estimate of drug-likeness (QED) is 0.773. The minimum absolute atomic E-state index is 0.162. The molecule has 1 amide bonds. The van der Waals surface area contributed by atoms with Crippen molar-refractivity contribution in [2.75, 3.05) is 18.5 Å². The predicted octanol–water partition coefficient (Wildman–Crippen LogP) is 3.41. The van der Waals surface area contributed by atoms with E-state index in [9.17, 15) is 4.79 Å². The molecule has 1 aliphatic heterocycles. The lowest BCUT2D eigenvalue weighted by Gasteiger charge is -2.18. The zero-order valence-corrected chi connectivity index (χ0v) is 13.6. The van der Waals surface area contributed by atoms with Crippen molar-refractivity contribution >= 4 is 23.2 Å². The Labute approximate surface area is 147 Å². The van der Waals surface area contributed by atoms with Crippen molar-refractivity contribution in [3.8, 4) is 23.0 Å². The number of hydrogen-bond donors (Lipinski definition) is 1. The number of amides is 1. The standard InChI is InChI=1S/C17H12ClN3O4/c18-12-4-2-1-3-11(12)16-20-21-17(25-16)15(22)19-10-5-6-13-14(9-10)24-8-7-23-13/h1-6,9H,7-8H2,(H,19,22). The summed E-state index contributed by atoms with van der Waals surface area (Å²) in [6, 6.07) is 12.1. The molecule has 0 radical (unpaired) electrons. The average molecular weight is 358 g/mol. The van der Waals surface area contributed by atoms with E-state index in [1.54, 1.807) is 42.5 Å². The SMILES string of the molecule is O=C(Nc1ccc2c(c1)OCCO2)c1nnc(-c2ccccc2Cl)o1. The number of halogens is 1. The van der Waals surface area contributed by atoms with E-state index < -0.39 is 5.91 Å². The first-order valence-corrected chi connectivity index (χ1v) is 7.88. The molecule has 2 heterocycles. The van der Waals surface area contributed by atoms with Crippen LogP contribution in [0.2, 0.25) is 5.02 Å². The Hall–Kier alpha value is -3.06. The fourth-order valence-corrected chi connectivity index (χ4v) is 2.58. The Kier molecular flexibility index (Phi) is 3.99. The number of fused-ring (bicyclic) bond motifs is 1. The molecule has 126 valence electrons. The van der Waals surface area contributed by atoms with Crippen LogP contribution in [0.3, 0.4) is 0 Å². The summed E-state index contributed by atoms with van der Waals surface area (Å²) < 4.78 is 16.3. The molecule has 0 unspecified atom stereocenters. The third-order valence-corrected chi connectivity index (χ3v) is 3.85. The highest BCUT2D eigenvalue weighted by Gasteiger charge is 2.19. The smallest absolute Gasteiger partial charge is 0.313 e. The molecule has 0 bridgehead atoms. The number of ether oxygens (including phenoxy) is 2. The van der Waals surface area contributed by atoms with E-state index in [1.807, 2.05) is 0 Å². The van der Waals surface area contributed by atoms with E-state index in [2.05, 4.69) is 15.5 Å². The van der Waals surface area contributed by atoms with Gasteiger partial charge in [0.1, 0.15) is 13.2 Å². The first kappa shape index (κ1) is 15.5. The Morgan fingerprint density at radius 1 is 1.04 bits per heavy atom. The second kappa shape index (κ2) is 6.45. The summed E-state index contributed by atoms with van der Waals surface area (Å²) >= 11 is 6.09. The van der Waals surface area contributed by atoms with Crippen LogP contribution in [0.15, 0.2) is 46.9 Å². The second-order valence-electron chi connectivity index (χ2n) is 5.20. The van der Waals surface area contributed by atoms with Crippen molar-refractivity contribution in [3.05, 3.63) is 53.4 Å². The van der Waals surface area contributed by atoms with E-state index in [0.717, 1.165) is 0 Å². The molecule has 1 aromatic heterocycles. The van der Waals surface area contributed by atoms with Crippen molar-refractivity contribution in [3.63, 3.8) is 0 Å². The lowest BCUT2D eigenvalue weighted by Crippen LogP contribution is -2.16. The third kappa shape index (κ3) is 3.14. The van der Waals surface area contributed by atoms with Crippen LogP contribution in [-0.2, 0) is 0 Å². The Bertz CT molecular complexity index is 941. The number of anilines is 1. The third-order valence-electron chi connectivity index (χ3n) is 3.52. The van der Waals surface area contributed by atoms with Crippen molar-refractivity contribution in [2.24, 2.45) is 0 Å². The van der Waals surface area contributed by atoms with Gasteiger partial charge in [0.25, 0.3) is 0 Å². The maximum Gasteiger partial charge on any atom is 0.313 e. The highest BCUT2D eigenvalue weighted by molar-refractivity contribution is 6.33. The lowest BCUT2D eigenvalue weighted by atomic mass is 10.2. The second-order valence-corrected chi connectivity index (χ2v) is 5.61. The molecule has 0 spiro atoms. The number of nitrogens with zero attached hydrogens (tertiary/aromatic N) is 2. The van der Waals surface area contributed by atoms with Gasteiger partial charge in [-0.3, -0.25) is 4.79 Å². The van der Waals surface area contributed by atoms with Crippen molar-refractivity contribution < 1.29 is 18.7 Å². The van der Waals surface area contributed by atoms with Crippen LogP contribution in [0.1, 0.15) is 10.7 Å². The summed E-state index contributed by atoms with van der Waals surface area (Å²) in [5, 5.41) is 10.8. The normalized spacial score (nSPS) is 12.7. The Balaban J connectivity index is 1.53. The van der Waals surface area contributed by atoms with Crippen molar-refractivity contribution in [1.29, 1.82) is 0 Å². The highest BCUT2D eigenvalue weighted by atomic mass is 35.5.